The highest BCUT2D eigenvalue weighted by atomic mass is 16.5. The molecule has 0 aliphatic heterocycles. The molecule has 24 heavy (non-hydrogen) atoms. The van der Waals surface area contributed by atoms with E-state index in [9.17, 15) is 5.11 Å². The highest BCUT2D eigenvalue weighted by molar-refractivity contribution is 5.63. The smallest absolute Gasteiger partial charge is 0.125 e. The largest absolute Gasteiger partial charge is 0.497 e. The molecule has 5 nitrogen and oxygen atoms in total. The maximum absolute atomic E-state index is 9.27. The molecule has 2 aromatic carbocycles. The van der Waals surface area contributed by atoms with Gasteiger partial charge in [-0.3, -0.25) is 0 Å². The minimum Gasteiger partial charge on any atom is -0.497 e. The minimum atomic E-state index is 0.0454. The van der Waals surface area contributed by atoms with Crippen molar-refractivity contribution in [3.8, 4) is 17.0 Å². The fraction of sp³-hybridized carbons (Fsp3) is 0.211. The molecule has 3 aromatic rings. The predicted octanol–water partition coefficient (Wildman–Crippen LogP) is 3.16. The molecule has 0 bridgehead atoms. The topological polar surface area (TPSA) is 59.3 Å². The average molecular weight is 323 g/mol. The second kappa shape index (κ2) is 7.66. The summed E-state index contributed by atoms with van der Waals surface area (Å²) in [5.74, 6) is 1.72. The van der Waals surface area contributed by atoms with E-state index in [1.807, 2.05) is 60.7 Å². The van der Waals surface area contributed by atoms with Crippen LogP contribution in [0, 0.1) is 0 Å². The van der Waals surface area contributed by atoms with Crippen LogP contribution in [-0.4, -0.2) is 28.6 Å². The number of nitrogens with one attached hydrogen (secondary N) is 1. The summed E-state index contributed by atoms with van der Waals surface area (Å²) < 4.78 is 7.05. The van der Waals surface area contributed by atoms with Crippen molar-refractivity contribution in [2.24, 2.45) is 0 Å². The van der Waals surface area contributed by atoms with Crippen LogP contribution in [0.4, 0.5) is 5.82 Å². The third-order valence-electron chi connectivity index (χ3n) is 3.77. The molecule has 0 fully saturated rings. The zero-order chi connectivity index (χ0) is 16.8. The molecule has 0 unspecified atom stereocenters. The summed E-state index contributed by atoms with van der Waals surface area (Å²) in [4.78, 5) is 0. The van der Waals surface area contributed by atoms with Crippen LogP contribution in [-0.2, 0) is 13.1 Å². The second-order valence-corrected chi connectivity index (χ2v) is 5.43. The van der Waals surface area contributed by atoms with Gasteiger partial charge >= 0.3 is 0 Å². The Balaban J connectivity index is 1.80. The van der Waals surface area contributed by atoms with Gasteiger partial charge in [0.15, 0.2) is 0 Å². The van der Waals surface area contributed by atoms with Crippen LogP contribution in [0.1, 0.15) is 5.56 Å². The first kappa shape index (κ1) is 16.1. The van der Waals surface area contributed by atoms with E-state index in [0.29, 0.717) is 13.1 Å². The number of aliphatic hydroxyl groups excluding tert-OH is 1. The lowest BCUT2D eigenvalue weighted by molar-refractivity contribution is 0.270. The fourth-order valence-corrected chi connectivity index (χ4v) is 2.55. The number of benzene rings is 2. The lowest BCUT2D eigenvalue weighted by Gasteiger charge is -2.09. The highest BCUT2D eigenvalue weighted by Crippen LogP contribution is 2.22. The van der Waals surface area contributed by atoms with Crippen molar-refractivity contribution in [1.82, 2.24) is 9.78 Å². The summed E-state index contributed by atoms with van der Waals surface area (Å²) in [5.41, 5.74) is 3.06. The number of nitrogens with zero attached hydrogens (tertiary/aromatic N) is 2. The maximum atomic E-state index is 9.27. The summed E-state index contributed by atoms with van der Waals surface area (Å²) in [6.45, 7) is 1.15. The molecule has 0 amide bonds. The lowest BCUT2D eigenvalue weighted by Crippen LogP contribution is -2.10. The minimum absolute atomic E-state index is 0.0454. The van der Waals surface area contributed by atoms with Crippen LogP contribution in [0.25, 0.3) is 11.3 Å². The Labute approximate surface area is 141 Å². The van der Waals surface area contributed by atoms with Crippen molar-refractivity contribution in [1.29, 1.82) is 0 Å². The Bertz CT molecular complexity index is 784. The van der Waals surface area contributed by atoms with E-state index >= 15 is 0 Å². The van der Waals surface area contributed by atoms with Gasteiger partial charge in [-0.05, 0) is 17.7 Å². The summed E-state index contributed by atoms with van der Waals surface area (Å²) >= 11 is 0. The molecular weight excluding hydrogens is 302 g/mol. The Morgan fingerprint density at radius 2 is 1.92 bits per heavy atom. The molecule has 0 aliphatic carbocycles. The van der Waals surface area contributed by atoms with Crippen molar-refractivity contribution in [3.05, 3.63) is 66.2 Å². The Morgan fingerprint density at radius 3 is 2.67 bits per heavy atom. The molecule has 5 heteroatoms. The maximum Gasteiger partial charge on any atom is 0.125 e. The zero-order valence-corrected chi connectivity index (χ0v) is 13.6. The van der Waals surface area contributed by atoms with E-state index < -0.39 is 0 Å². The number of ether oxygens (including phenoxy) is 1. The molecule has 2 N–H and O–H groups in total. The van der Waals surface area contributed by atoms with E-state index in [1.165, 1.54) is 0 Å². The lowest BCUT2D eigenvalue weighted by atomic mass is 10.1. The summed E-state index contributed by atoms with van der Waals surface area (Å²) in [6.07, 6.45) is 0. The van der Waals surface area contributed by atoms with Gasteiger partial charge in [0.2, 0.25) is 0 Å². The van der Waals surface area contributed by atoms with Gasteiger partial charge in [-0.15, -0.1) is 0 Å². The van der Waals surface area contributed by atoms with Crippen molar-refractivity contribution >= 4 is 5.82 Å². The van der Waals surface area contributed by atoms with Gasteiger partial charge in [-0.25, -0.2) is 4.68 Å². The SMILES string of the molecule is COc1cccc(CNc2cc(-c3ccccc3)nn2CCO)c1. The Hall–Kier alpha value is -2.79. The zero-order valence-electron chi connectivity index (χ0n) is 13.6. The van der Waals surface area contributed by atoms with Crippen molar-refractivity contribution in [2.45, 2.75) is 13.1 Å². The van der Waals surface area contributed by atoms with E-state index in [1.54, 1.807) is 11.8 Å². The van der Waals surface area contributed by atoms with Gasteiger partial charge in [-0.1, -0.05) is 42.5 Å². The second-order valence-electron chi connectivity index (χ2n) is 5.43. The standard InChI is InChI=1S/C19H21N3O2/c1-24-17-9-5-6-15(12-17)14-20-19-13-18(21-22(19)10-11-23)16-7-3-2-4-8-16/h2-9,12-13,20,23H,10-11,14H2,1H3. The molecule has 0 spiro atoms. The molecule has 0 atom stereocenters. The van der Waals surface area contributed by atoms with Crippen LogP contribution in [0.2, 0.25) is 0 Å². The molecule has 0 radical (unpaired) electrons. The van der Waals surface area contributed by atoms with E-state index in [4.69, 9.17) is 4.74 Å². The van der Waals surface area contributed by atoms with E-state index in [-0.39, 0.29) is 6.61 Å². The normalized spacial score (nSPS) is 10.6. The van der Waals surface area contributed by atoms with Gasteiger partial charge in [-0.2, -0.15) is 5.10 Å². The monoisotopic (exact) mass is 323 g/mol. The number of anilines is 1. The fourth-order valence-electron chi connectivity index (χ4n) is 2.55. The third kappa shape index (κ3) is 3.75. The predicted molar refractivity (Wildman–Crippen MR) is 95.1 cm³/mol. The first-order valence-corrected chi connectivity index (χ1v) is 7.91. The third-order valence-corrected chi connectivity index (χ3v) is 3.77. The molecule has 1 heterocycles. The summed E-state index contributed by atoms with van der Waals surface area (Å²) in [6, 6.07) is 19.9. The Morgan fingerprint density at radius 1 is 1.08 bits per heavy atom. The van der Waals surface area contributed by atoms with Crippen molar-refractivity contribution < 1.29 is 9.84 Å². The number of aliphatic hydroxyl groups is 1. The number of aromatic nitrogens is 2. The summed E-state index contributed by atoms with van der Waals surface area (Å²) in [5, 5.41) is 17.2. The van der Waals surface area contributed by atoms with Gasteiger partial charge in [0.25, 0.3) is 0 Å². The molecular formula is C19H21N3O2. The highest BCUT2D eigenvalue weighted by Gasteiger charge is 2.09. The van der Waals surface area contributed by atoms with Crippen LogP contribution in [0.5, 0.6) is 5.75 Å². The van der Waals surface area contributed by atoms with Gasteiger partial charge in [0.1, 0.15) is 11.6 Å². The van der Waals surface area contributed by atoms with E-state index in [2.05, 4.69) is 10.4 Å². The molecule has 3 rings (SSSR count). The van der Waals surface area contributed by atoms with Crippen LogP contribution in [0.15, 0.2) is 60.7 Å². The average Bonchev–Trinajstić information content (AvgIpc) is 3.04. The molecule has 0 saturated heterocycles. The first-order chi connectivity index (χ1) is 11.8. The number of hydrogen-bond donors (Lipinski definition) is 2. The van der Waals surface area contributed by atoms with Crippen LogP contribution >= 0.6 is 0 Å². The van der Waals surface area contributed by atoms with Gasteiger partial charge < -0.3 is 15.2 Å². The molecule has 1 aromatic heterocycles. The van der Waals surface area contributed by atoms with Crippen molar-refractivity contribution in [2.75, 3.05) is 19.0 Å². The van der Waals surface area contributed by atoms with Gasteiger partial charge in [0, 0.05) is 18.2 Å². The van der Waals surface area contributed by atoms with Gasteiger partial charge in [0.05, 0.1) is 26.0 Å². The van der Waals surface area contributed by atoms with Crippen LogP contribution < -0.4 is 10.1 Å². The van der Waals surface area contributed by atoms with Crippen molar-refractivity contribution in [3.63, 3.8) is 0 Å². The quantitative estimate of drug-likeness (QED) is 0.701. The molecule has 0 saturated carbocycles. The van der Waals surface area contributed by atoms with E-state index in [0.717, 1.165) is 28.4 Å². The number of rotatable bonds is 7. The number of methoxy groups -OCH3 is 1. The van der Waals surface area contributed by atoms with Crippen LogP contribution in [0.3, 0.4) is 0 Å². The molecule has 0 aliphatic rings. The number of hydrogen-bond acceptors (Lipinski definition) is 4. The first-order valence-electron chi connectivity index (χ1n) is 7.91. The summed E-state index contributed by atoms with van der Waals surface area (Å²) in [7, 11) is 1.66. The Kier molecular flexibility index (Phi) is 5.13. The molecule has 124 valence electrons.